The SMILES string of the molecule is O=C(Nc1cccc(Nc2nccc(-c3ccc(Cl)cc3Cl)n2)c1)c1c(Cl)cccc1Cl. The second-order valence-electron chi connectivity index (χ2n) is 6.65. The molecular weight excluding hydrogens is 490 g/mol. The van der Waals surface area contributed by atoms with Gasteiger partial charge in [-0.25, -0.2) is 9.97 Å². The molecule has 32 heavy (non-hydrogen) atoms. The molecule has 160 valence electrons. The van der Waals surface area contributed by atoms with Crippen molar-refractivity contribution in [1.82, 2.24) is 9.97 Å². The van der Waals surface area contributed by atoms with E-state index in [-0.39, 0.29) is 15.6 Å². The molecular formula is C23H14Cl4N4O. The van der Waals surface area contributed by atoms with Crippen LogP contribution in [0.5, 0.6) is 0 Å². The Morgan fingerprint density at radius 3 is 2.25 bits per heavy atom. The average Bonchev–Trinajstić information content (AvgIpc) is 2.74. The van der Waals surface area contributed by atoms with Gasteiger partial charge in [-0.05, 0) is 54.6 Å². The molecule has 0 fully saturated rings. The van der Waals surface area contributed by atoms with Crippen LogP contribution < -0.4 is 10.6 Å². The molecule has 5 nitrogen and oxygen atoms in total. The molecule has 0 saturated heterocycles. The third-order valence-electron chi connectivity index (χ3n) is 4.43. The Hall–Kier alpha value is -2.83. The molecule has 0 radical (unpaired) electrons. The molecule has 3 aromatic carbocycles. The number of carbonyl (C=O) groups excluding carboxylic acids is 1. The molecule has 0 aliphatic heterocycles. The zero-order valence-corrected chi connectivity index (χ0v) is 19.3. The molecule has 0 bridgehead atoms. The number of amides is 1. The average molecular weight is 504 g/mol. The van der Waals surface area contributed by atoms with Crippen molar-refractivity contribution in [3.8, 4) is 11.3 Å². The Labute approximate surface area is 204 Å². The maximum Gasteiger partial charge on any atom is 0.258 e. The molecule has 4 rings (SSSR count). The summed E-state index contributed by atoms with van der Waals surface area (Å²) in [6, 6.07) is 19.0. The number of nitrogens with one attached hydrogen (secondary N) is 2. The van der Waals surface area contributed by atoms with Gasteiger partial charge in [0.25, 0.3) is 5.91 Å². The number of nitrogens with zero attached hydrogens (tertiary/aromatic N) is 2. The first-order valence-corrected chi connectivity index (χ1v) is 10.8. The van der Waals surface area contributed by atoms with E-state index in [2.05, 4.69) is 20.6 Å². The Morgan fingerprint density at radius 1 is 0.781 bits per heavy atom. The number of hydrogen-bond acceptors (Lipinski definition) is 4. The van der Waals surface area contributed by atoms with Crippen molar-refractivity contribution >= 4 is 69.6 Å². The zero-order valence-electron chi connectivity index (χ0n) is 16.2. The van der Waals surface area contributed by atoms with Gasteiger partial charge in [-0.1, -0.05) is 58.5 Å². The first-order chi connectivity index (χ1) is 15.4. The number of aromatic nitrogens is 2. The molecule has 0 unspecified atom stereocenters. The summed E-state index contributed by atoms with van der Waals surface area (Å²) >= 11 is 24.5. The van der Waals surface area contributed by atoms with Crippen LogP contribution in [-0.4, -0.2) is 15.9 Å². The lowest BCUT2D eigenvalue weighted by atomic mass is 10.1. The highest BCUT2D eigenvalue weighted by atomic mass is 35.5. The van der Waals surface area contributed by atoms with Gasteiger partial charge in [0.1, 0.15) is 0 Å². The summed E-state index contributed by atoms with van der Waals surface area (Å²) in [7, 11) is 0. The molecule has 0 aliphatic rings. The molecule has 1 amide bonds. The van der Waals surface area contributed by atoms with E-state index < -0.39 is 5.91 Å². The van der Waals surface area contributed by atoms with Crippen molar-refractivity contribution < 1.29 is 4.79 Å². The Kier molecular flexibility index (Phi) is 6.82. The Bertz CT molecular complexity index is 1290. The summed E-state index contributed by atoms with van der Waals surface area (Å²) in [5.41, 5.74) is 2.81. The second-order valence-corrected chi connectivity index (χ2v) is 8.30. The van der Waals surface area contributed by atoms with E-state index in [4.69, 9.17) is 46.4 Å². The van der Waals surface area contributed by atoms with Crippen LogP contribution in [0.2, 0.25) is 20.1 Å². The third kappa shape index (κ3) is 5.14. The number of halogens is 4. The summed E-state index contributed by atoms with van der Waals surface area (Å²) in [4.78, 5) is 21.4. The van der Waals surface area contributed by atoms with Crippen molar-refractivity contribution in [2.24, 2.45) is 0 Å². The quantitative estimate of drug-likeness (QED) is 0.292. The Balaban J connectivity index is 1.54. The van der Waals surface area contributed by atoms with Crippen LogP contribution in [0, 0.1) is 0 Å². The minimum atomic E-state index is -0.409. The van der Waals surface area contributed by atoms with Crippen molar-refractivity contribution in [3.05, 3.63) is 98.6 Å². The Morgan fingerprint density at radius 2 is 1.50 bits per heavy atom. The molecule has 0 atom stereocenters. The molecule has 0 aliphatic carbocycles. The maximum atomic E-state index is 12.6. The van der Waals surface area contributed by atoms with Gasteiger partial charge in [-0.2, -0.15) is 0 Å². The topological polar surface area (TPSA) is 66.9 Å². The van der Waals surface area contributed by atoms with Gasteiger partial charge >= 0.3 is 0 Å². The molecule has 0 saturated carbocycles. The molecule has 1 heterocycles. The fraction of sp³-hybridized carbons (Fsp3) is 0. The van der Waals surface area contributed by atoms with Gasteiger partial charge in [0.2, 0.25) is 5.95 Å². The highest BCUT2D eigenvalue weighted by Crippen LogP contribution is 2.30. The van der Waals surface area contributed by atoms with Crippen molar-refractivity contribution in [2.45, 2.75) is 0 Å². The van der Waals surface area contributed by atoms with Crippen LogP contribution in [0.25, 0.3) is 11.3 Å². The largest absolute Gasteiger partial charge is 0.324 e. The summed E-state index contributed by atoms with van der Waals surface area (Å²) < 4.78 is 0. The lowest BCUT2D eigenvalue weighted by Crippen LogP contribution is -2.13. The van der Waals surface area contributed by atoms with Crippen molar-refractivity contribution in [2.75, 3.05) is 10.6 Å². The van der Waals surface area contributed by atoms with Crippen LogP contribution >= 0.6 is 46.4 Å². The predicted octanol–water partition coefficient (Wildman–Crippen LogP) is 7.75. The summed E-state index contributed by atoms with van der Waals surface area (Å²) in [5.74, 6) is -0.0421. The van der Waals surface area contributed by atoms with E-state index in [9.17, 15) is 4.79 Å². The highest BCUT2D eigenvalue weighted by Gasteiger charge is 2.15. The summed E-state index contributed by atoms with van der Waals surface area (Å²) in [6.07, 6.45) is 1.63. The number of hydrogen-bond donors (Lipinski definition) is 2. The normalized spacial score (nSPS) is 10.6. The van der Waals surface area contributed by atoms with Gasteiger partial charge in [0.05, 0.1) is 26.3 Å². The molecule has 2 N–H and O–H groups in total. The van der Waals surface area contributed by atoms with Gasteiger partial charge in [0.15, 0.2) is 0 Å². The highest BCUT2D eigenvalue weighted by molar-refractivity contribution is 6.40. The number of anilines is 3. The second kappa shape index (κ2) is 9.76. The van der Waals surface area contributed by atoms with Gasteiger partial charge in [0, 0.05) is 28.2 Å². The number of rotatable bonds is 5. The van der Waals surface area contributed by atoms with E-state index in [0.717, 1.165) is 5.56 Å². The minimum Gasteiger partial charge on any atom is -0.324 e. The van der Waals surface area contributed by atoms with Crippen molar-refractivity contribution in [1.29, 1.82) is 0 Å². The smallest absolute Gasteiger partial charge is 0.258 e. The van der Waals surface area contributed by atoms with Crippen LogP contribution in [0.15, 0.2) is 72.9 Å². The fourth-order valence-electron chi connectivity index (χ4n) is 2.98. The lowest BCUT2D eigenvalue weighted by Gasteiger charge is -2.11. The standard InChI is InChI=1S/C23H14Cl4N4O/c24-13-7-8-16(19(27)11-13)20-9-10-28-23(31-20)30-15-4-1-3-14(12-15)29-22(32)21-17(25)5-2-6-18(21)26/h1-12H,(H,29,32)(H,28,30,31). The molecule has 4 aromatic rings. The van der Waals surface area contributed by atoms with Crippen LogP contribution in [0.4, 0.5) is 17.3 Å². The monoisotopic (exact) mass is 502 g/mol. The fourth-order valence-corrected chi connectivity index (χ4v) is 4.05. The first-order valence-electron chi connectivity index (χ1n) is 9.31. The number of carbonyl (C=O) groups is 1. The van der Waals surface area contributed by atoms with E-state index in [1.807, 2.05) is 6.07 Å². The van der Waals surface area contributed by atoms with E-state index >= 15 is 0 Å². The zero-order chi connectivity index (χ0) is 22.7. The minimum absolute atomic E-state index is 0.213. The predicted molar refractivity (Wildman–Crippen MR) is 132 cm³/mol. The summed E-state index contributed by atoms with van der Waals surface area (Å²) in [5, 5.41) is 7.51. The van der Waals surface area contributed by atoms with E-state index in [1.165, 1.54) is 0 Å². The van der Waals surface area contributed by atoms with Crippen LogP contribution in [-0.2, 0) is 0 Å². The van der Waals surface area contributed by atoms with E-state index in [0.29, 0.717) is 33.1 Å². The van der Waals surface area contributed by atoms with Gasteiger partial charge in [-0.15, -0.1) is 0 Å². The first kappa shape index (κ1) is 22.4. The number of benzene rings is 3. The summed E-state index contributed by atoms with van der Waals surface area (Å²) in [6.45, 7) is 0. The van der Waals surface area contributed by atoms with Crippen molar-refractivity contribution in [3.63, 3.8) is 0 Å². The maximum absolute atomic E-state index is 12.6. The molecule has 9 heteroatoms. The third-order valence-corrected chi connectivity index (χ3v) is 5.61. The van der Waals surface area contributed by atoms with E-state index in [1.54, 1.807) is 66.9 Å². The van der Waals surface area contributed by atoms with Gasteiger partial charge < -0.3 is 10.6 Å². The molecule has 0 spiro atoms. The molecule has 1 aromatic heterocycles. The van der Waals surface area contributed by atoms with Gasteiger partial charge in [-0.3, -0.25) is 4.79 Å². The van der Waals surface area contributed by atoms with Crippen LogP contribution in [0.3, 0.4) is 0 Å². The lowest BCUT2D eigenvalue weighted by molar-refractivity contribution is 0.102. The van der Waals surface area contributed by atoms with Crippen LogP contribution in [0.1, 0.15) is 10.4 Å².